The molecule has 2 aromatic heterocycles. The van der Waals surface area contributed by atoms with E-state index in [0.717, 1.165) is 100 Å². The Balaban J connectivity index is 0.000000143. The van der Waals surface area contributed by atoms with E-state index in [1.165, 1.54) is 77.9 Å². The largest absolute Gasteiger partial charge is 0.456 e. The highest BCUT2D eigenvalue weighted by molar-refractivity contribution is 6.08. The number of nitrogens with zero attached hydrogens (tertiary/aromatic N) is 2. The van der Waals surface area contributed by atoms with Gasteiger partial charge < -0.3 is 18.6 Å². The van der Waals surface area contributed by atoms with Gasteiger partial charge in [0.15, 0.2) is 0 Å². The molecule has 19 aromatic rings. The molecule has 508 valence electrons. The van der Waals surface area contributed by atoms with E-state index in [9.17, 15) is 0 Å². The van der Waals surface area contributed by atoms with E-state index in [1.54, 1.807) is 0 Å². The van der Waals surface area contributed by atoms with E-state index in [-0.39, 0.29) is 0 Å². The summed E-state index contributed by atoms with van der Waals surface area (Å²) in [6.07, 6.45) is 0. The molecule has 108 heavy (non-hydrogen) atoms. The van der Waals surface area contributed by atoms with Gasteiger partial charge in [0.1, 0.15) is 22.3 Å². The zero-order valence-electron chi connectivity index (χ0n) is 59.1. The van der Waals surface area contributed by atoms with Crippen LogP contribution >= 0.6 is 0 Å². The van der Waals surface area contributed by atoms with Crippen molar-refractivity contribution in [1.29, 1.82) is 0 Å². The van der Waals surface area contributed by atoms with Crippen molar-refractivity contribution < 1.29 is 8.83 Å². The maximum absolute atomic E-state index is 6.15. The molecule has 0 fully saturated rings. The smallest absolute Gasteiger partial charge is 0.135 e. The third kappa shape index (κ3) is 10.6. The van der Waals surface area contributed by atoms with Crippen LogP contribution in [0.1, 0.15) is 44.5 Å². The predicted molar refractivity (Wildman–Crippen MR) is 448 cm³/mol. The zero-order valence-corrected chi connectivity index (χ0v) is 59.1. The van der Waals surface area contributed by atoms with Crippen molar-refractivity contribution in [1.82, 2.24) is 0 Å². The number of rotatable bonds is 13. The second-order valence-corrected chi connectivity index (χ2v) is 28.1. The van der Waals surface area contributed by atoms with Crippen molar-refractivity contribution in [3.63, 3.8) is 0 Å². The topological polar surface area (TPSA) is 32.8 Å². The molecule has 0 bridgehead atoms. The molecule has 0 aliphatic heterocycles. The van der Waals surface area contributed by atoms with E-state index in [1.807, 2.05) is 24.3 Å². The van der Waals surface area contributed by atoms with Crippen LogP contribution in [-0.4, -0.2) is 0 Å². The van der Waals surface area contributed by atoms with Crippen molar-refractivity contribution in [2.45, 2.75) is 10.8 Å². The van der Waals surface area contributed by atoms with Crippen molar-refractivity contribution in [3.8, 4) is 55.6 Å². The summed E-state index contributed by atoms with van der Waals surface area (Å²) in [6.45, 7) is 0. The molecule has 2 heterocycles. The summed E-state index contributed by atoms with van der Waals surface area (Å²) < 4.78 is 12.3. The van der Waals surface area contributed by atoms with Crippen LogP contribution in [0.5, 0.6) is 0 Å². The number of furan rings is 2. The highest BCUT2D eigenvalue weighted by Gasteiger charge is 2.48. The van der Waals surface area contributed by atoms with Crippen LogP contribution in [0.2, 0.25) is 0 Å². The summed E-state index contributed by atoms with van der Waals surface area (Å²) in [5.74, 6) is 0. The van der Waals surface area contributed by atoms with Gasteiger partial charge in [0, 0.05) is 55.7 Å². The van der Waals surface area contributed by atoms with E-state index in [2.05, 4.69) is 410 Å². The molecule has 0 radical (unpaired) electrons. The fraction of sp³-hybridized carbons (Fsp3) is 0.0192. The van der Waals surface area contributed by atoms with E-state index < -0.39 is 10.8 Å². The number of hydrogen-bond acceptors (Lipinski definition) is 4. The molecular weight excluding hydrogens is 1310 g/mol. The molecule has 0 saturated carbocycles. The van der Waals surface area contributed by atoms with E-state index >= 15 is 0 Å². The molecule has 21 rings (SSSR count). The van der Waals surface area contributed by atoms with Crippen LogP contribution in [0.3, 0.4) is 0 Å². The lowest BCUT2D eigenvalue weighted by Crippen LogP contribution is -2.28. The quantitative estimate of drug-likeness (QED) is 0.115. The first-order valence-corrected chi connectivity index (χ1v) is 37.1. The van der Waals surface area contributed by atoms with Crippen molar-refractivity contribution in [3.05, 3.63) is 469 Å². The molecule has 0 saturated heterocycles. The minimum absolute atomic E-state index is 0.466. The van der Waals surface area contributed by atoms with E-state index in [0.29, 0.717) is 0 Å². The molecule has 2 aliphatic carbocycles. The Bertz CT molecular complexity index is 6430. The van der Waals surface area contributed by atoms with Gasteiger partial charge in [0.05, 0.1) is 10.8 Å². The van der Waals surface area contributed by atoms with Crippen LogP contribution in [0.15, 0.2) is 433 Å². The number of fused-ring (bicyclic) bond motifs is 12. The lowest BCUT2D eigenvalue weighted by Gasteiger charge is -2.35. The van der Waals surface area contributed by atoms with Crippen molar-refractivity contribution in [2.75, 3.05) is 9.80 Å². The van der Waals surface area contributed by atoms with Crippen LogP contribution in [-0.2, 0) is 10.8 Å². The van der Waals surface area contributed by atoms with Crippen molar-refractivity contribution in [2.24, 2.45) is 0 Å². The average Bonchev–Trinajstić information content (AvgIpc) is 1.53. The SMILES string of the molecule is c1ccc(-c2ccc(N(c3ccc(-c4ccc5oc6ccccc6c5c4)cc3)c3ccc4c(c3)C(c3ccccc3)(c3ccccc3)c3ccccc3-4)cc2)cc1.c1ccc(N(c2ccc(-c3ccc4oc5ccccc5c4c3)cc2)c2ccc3c(c2)C(c2ccccc2)(c2ccccc2)c2ccccc2-3)cc1. The van der Waals surface area contributed by atoms with Gasteiger partial charge in [0.25, 0.3) is 0 Å². The normalized spacial score (nSPS) is 12.8. The van der Waals surface area contributed by atoms with Gasteiger partial charge in [-0.3, -0.25) is 0 Å². The first kappa shape index (κ1) is 63.6. The Morgan fingerprint density at radius 2 is 0.435 bits per heavy atom. The Labute approximate surface area is 628 Å². The number of benzene rings is 17. The Kier molecular flexibility index (Phi) is 15.7. The van der Waals surface area contributed by atoms with Gasteiger partial charge in [-0.2, -0.15) is 0 Å². The van der Waals surface area contributed by atoms with Crippen LogP contribution < -0.4 is 9.80 Å². The molecule has 17 aromatic carbocycles. The molecule has 0 atom stereocenters. The molecule has 0 spiro atoms. The zero-order chi connectivity index (χ0) is 71.5. The Morgan fingerprint density at radius 1 is 0.167 bits per heavy atom. The van der Waals surface area contributed by atoms with Gasteiger partial charge in [0.2, 0.25) is 0 Å². The van der Waals surface area contributed by atoms with Gasteiger partial charge in [-0.25, -0.2) is 0 Å². The minimum atomic E-state index is -0.493. The highest BCUT2D eigenvalue weighted by atomic mass is 16.3. The molecule has 0 N–H and O–H groups in total. The first-order chi connectivity index (χ1) is 53.5. The Hall–Kier alpha value is -14.1. The lowest BCUT2D eigenvalue weighted by molar-refractivity contribution is 0.668. The van der Waals surface area contributed by atoms with Crippen LogP contribution in [0.4, 0.5) is 34.1 Å². The molecule has 0 unspecified atom stereocenters. The third-order valence-electron chi connectivity index (χ3n) is 22.3. The minimum Gasteiger partial charge on any atom is -0.456 e. The van der Waals surface area contributed by atoms with Gasteiger partial charge in [-0.1, -0.05) is 315 Å². The molecule has 4 nitrogen and oxygen atoms in total. The summed E-state index contributed by atoms with van der Waals surface area (Å²) in [5.41, 5.74) is 31.6. The fourth-order valence-corrected chi connectivity index (χ4v) is 17.5. The monoisotopic (exact) mass is 1380 g/mol. The van der Waals surface area contributed by atoms with Crippen molar-refractivity contribution >= 4 is 78.0 Å². The molecular formula is C104H70N2O2. The summed E-state index contributed by atoms with van der Waals surface area (Å²) in [7, 11) is 0. The standard InChI is InChI=1S/C55H37NO.C49H33NO/c1-4-14-38(15-5-1)39-24-29-44(30-25-39)56(45-31-26-40(27-32-45)41-28-35-54-50(36-41)49-21-11-13-23-53(49)57-54)46-33-34-48-47-20-10-12-22-51(47)55(52(48)37-46,42-16-6-2-7-17-42)43-18-8-3-9-19-43;1-4-14-36(15-5-1)49(37-16-6-2-7-17-37)45-22-12-10-20-41(45)42-30-29-40(33-46(42)49)50(38-18-8-3-9-19-38)39-27-24-34(25-28-39)35-26-31-48-44(32-35)43-21-11-13-23-47(43)51-48/h1-37H;1-33H. The number of para-hydroxylation sites is 3. The third-order valence-corrected chi connectivity index (χ3v) is 22.3. The second kappa shape index (κ2) is 26.6. The van der Waals surface area contributed by atoms with Gasteiger partial charge >= 0.3 is 0 Å². The summed E-state index contributed by atoms with van der Waals surface area (Å²) in [4.78, 5) is 4.77. The maximum Gasteiger partial charge on any atom is 0.135 e. The summed E-state index contributed by atoms with van der Waals surface area (Å²) in [6, 6.07) is 154. The maximum atomic E-state index is 6.15. The molecule has 2 aliphatic rings. The van der Waals surface area contributed by atoms with Gasteiger partial charge in [-0.05, 0) is 209 Å². The second-order valence-electron chi connectivity index (χ2n) is 28.1. The van der Waals surface area contributed by atoms with Crippen LogP contribution in [0.25, 0.3) is 99.5 Å². The van der Waals surface area contributed by atoms with Crippen LogP contribution in [0, 0.1) is 0 Å². The number of hydrogen-bond donors (Lipinski definition) is 0. The first-order valence-electron chi connectivity index (χ1n) is 37.1. The fourth-order valence-electron chi connectivity index (χ4n) is 17.5. The molecule has 0 amide bonds. The predicted octanol–water partition coefficient (Wildman–Crippen LogP) is 27.8. The number of anilines is 6. The Morgan fingerprint density at radius 3 is 0.824 bits per heavy atom. The summed E-state index contributed by atoms with van der Waals surface area (Å²) >= 11 is 0. The van der Waals surface area contributed by atoms with Gasteiger partial charge in [-0.15, -0.1) is 0 Å². The highest BCUT2D eigenvalue weighted by Crippen LogP contribution is 2.59. The average molecular weight is 1380 g/mol. The molecule has 4 heteroatoms. The van der Waals surface area contributed by atoms with E-state index in [4.69, 9.17) is 8.83 Å². The summed E-state index contributed by atoms with van der Waals surface area (Å²) in [5, 5.41) is 4.54. The lowest BCUT2D eigenvalue weighted by atomic mass is 9.67.